The lowest BCUT2D eigenvalue weighted by molar-refractivity contribution is 0.0988. The SMILES string of the molecule is Cc1cc(C(=O)Nc2sc3c(c2-c2nc4ccccc4s2)CC[C@H](C)C3)on1. The molecule has 5 rings (SSSR count). The van der Waals surface area contributed by atoms with Gasteiger partial charge < -0.3 is 9.84 Å². The number of nitrogens with zero attached hydrogens (tertiary/aromatic N) is 2. The van der Waals surface area contributed by atoms with E-state index in [1.54, 1.807) is 35.7 Å². The number of anilines is 1. The van der Waals surface area contributed by atoms with Crippen LogP contribution in [0.3, 0.4) is 0 Å². The summed E-state index contributed by atoms with van der Waals surface area (Å²) in [5, 5.41) is 8.72. The Hall–Kier alpha value is -2.51. The van der Waals surface area contributed by atoms with Gasteiger partial charge in [-0.25, -0.2) is 4.98 Å². The molecule has 1 aliphatic carbocycles. The second-order valence-corrected chi connectivity index (χ2v) is 9.47. The van der Waals surface area contributed by atoms with Crippen LogP contribution < -0.4 is 5.32 Å². The summed E-state index contributed by atoms with van der Waals surface area (Å²) in [4.78, 5) is 18.9. The first kappa shape index (κ1) is 17.6. The third kappa shape index (κ3) is 3.04. The summed E-state index contributed by atoms with van der Waals surface area (Å²) in [5.74, 6) is 0.622. The van der Waals surface area contributed by atoms with Crippen molar-refractivity contribution in [2.75, 3.05) is 5.32 Å². The molecule has 1 atom stereocenters. The van der Waals surface area contributed by atoms with Gasteiger partial charge in [0.15, 0.2) is 0 Å². The Kier molecular flexibility index (Phi) is 4.29. The number of aryl methyl sites for hydroxylation is 1. The monoisotopic (exact) mass is 409 g/mol. The summed E-state index contributed by atoms with van der Waals surface area (Å²) < 4.78 is 6.30. The summed E-state index contributed by atoms with van der Waals surface area (Å²) in [6.07, 6.45) is 3.24. The quantitative estimate of drug-likeness (QED) is 0.471. The zero-order valence-corrected chi connectivity index (χ0v) is 17.2. The van der Waals surface area contributed by atoms with E-state index in [0.29, 0.717) is 11.6 Å². The van der Waals surface area contributed by atoms with E-state index in [4.69, 9.17) is 9.51 Å². The van der Waals surface area contributed by atoms with E-state index in [9.17, 15) is 4.79 Å². The van der Waals surface area contributed by atoms with Crippen LogP contribution >= 0.6 is 22.7 Å². The van der Waals surface area contributed by atoms with Crippen molar-refractivity contribution in [3.63, 3.8) is 0 Å². The van der Waals surface area contributed by atoms with Crippen LogP contribution in [-0.4, -0.2) is 16.0 Å². The van der Waals surface area contributed by atoms with Gasteiger partial charge in [-0.2, -0.15) is 0 Å². The Bertz CT molecular complexity index is 1150. The highest BCUT2D eigenvalue weighted by Gasteiger charge is 2.28. The highest BCUT2D eigenvalue weighted by Crippen LogP contribution is 2.47. The van der Waals surface area contributed by atoms with Crippen molar-refractivity contribution >= 4 is 43.8 Å². The van der Waals surface area contributed by atoms with Crippen molar-refractivity contribution in [1.82, 2.24) is 10.1 Å². The van der Waals surface area contributed by atoms with Gasteiger partial charge in [0, 0.05) is 16.5 Å². The van der Waals surface area contributed by atoms with Gasteiger partial charge in [0.2, 0.25) is 5.76 Å². The van der Waals surface area contributed by atoms with Gasteiger partial charge in [0.25, 0.3) is 5.91 Å². The molecule has 0 saturated heterocycles. The minimum Gasteiger partial charge on any atom is -0.351 e. The first-order chi connectivity index (χ1) is 13.6. The molecule has 1 aliphatic rings. The molecule has 28 heavy (non-hydrogen) atoms. The van der Waals surface area contributed by atoms with E-state index < -0.39 is 0 Å². The van der Waals surface area contributed by atoms with E-state index in [1.165, 1.54) is 10.4 Å². The number of amides is 1. The Morgan fingerprint density at radius 3 is 2.93 bits per heavy atom. The number of thiazole rings is 1. The molecule has 1 N–H and O–H groups in total. The maximum absolute atomic E-state index is 12.7. The predicted octanol–water partition coefficient (Wildman–Crippen LogP) is 5.70. The molecule has 1 aromatic carbocycles. The maximum Gasteiger partial charge on any atom is 0.294 e. The van der Waals surface area contributed by atoms with Crippen LogP contribution in [-0.2, 0) is 12.8 Å². The molecule has 0 bridgehead atoms. The van der Waals surface area contributed by atoms with Gasteiger partial charge in [-0.3, -0.25) is 4.79 Å². The molecule has 0 unspecified atom stereocenters. The first-order valence-corrected chi connectivity index (χ1v) is 11.0. The highest BCUT2D eigenvalue weighted by atomic mass is 32.1. The number of para-hydroxylation sites is 1. The molecular weight excluding hydrogens is 390 g/mol. The Balaban J connectivity index is 1.60. The van der Waals surface area contributed by atoms with Gasteiger partial charge in [-0.05, 0) is 49.8 Å². The standard InChI is InChI=1S/C21H19N3O2S2/c1-11-7-8-13-17(9-11)28-21(23-19(25)15-10-12(2)24-26-15)18(13)20-22-14-5-3-4-6-16(14)27-20/h3-6,10-11H,7-9H2,1-2H3,(H,23,25)/t11-/m0/s1. The van der Waals surface area contributed by atoms with E-state index in [2.05, 4.69) is 23.5 Å². The lowest BCUT2D eigenvalue weighted by Crippen LogP contribution is -2.11. The molecule has 3 aromatic heterocycles. The number of carbonyl (C=O) groups is 1. The molecule has 0 radical (unpaired) electrons. The number of fused-ring (bicyclic) bond motifs is 2. The third-order valence-electron chi connectivity index (χ3n) is 5.10. The number of benzene rings is 1. The number of hydrogen-bond donors (Lipinski definition) is 1. The fourth-order valence-corrected chi connectivity index (χ4v) is 6.20. The fourth-order valence-electron chi connectivity index (χ4n) is 3.68. The van der Waals surface area contributed by atoms with Crippen LogP contribution in [0.15, 0.2) is 34.9 Å². The van der Waals surface area contributed by atoms with E-state index in [-0.39, 0.29) is 11.7 Å². The van der Waals surface area contributed by atoms with Crippen molar-refractivity contribution in [3.05, 3.63) is 52.2 Å². The molecule has 0 saturated carbocycles. The molecule has 4 aromatic rings. The van der Waals surface area contributed by atoms with Crippen LogP contribution in [0.5, 0.6) is 0 Å². The summed E-state index contributed by atoms with van der Waals surface area (Å²) in [6.45, 7) is 4.09. The largest absolute Gasteiger partial charge is 0.351 e. The van der Waals surface area contributed by atoms with Crippen molar-refractivity contribution in [2.24, 2.45) is 5.92 Å². The van der Waals surface area contributed by atoms with Crippen molar-refractivity contribution in [2.45, 2.75) is 33.1 Å². The van der Waals surface area contributed by atoms with Crippen molar-refractivity contribution < 1.29 is 9.32 Å². The Morgan fingerprint density at radius 1 is 1.29 bits per heavy atom. The number of carbonyl (C=O) groups excluding carboxylic acids is 1. The molecule has 7 heteroatoms. The van der Waals surface area contributed by atoms with Gasteiger partial charge in [-0.1, -0.05) is 24.2 Å². The number of hydrogen-bond acceptors (Lipinski definition) is 6. The summed E-state index contributed by atoms with van der Waals surface area (Å²) >= 11 is 3.35. The second kappa shape index (κ2) is 6.83. The Labute approximate surface area is 170 Å². The molecule has 0 spiro atoms. The minimum absolute atomic E-state index is 0.229. The Morgan fingerprint density at radius 2 is 2.14 bits per heavy atom. The lowest BCUT2D eigenvalue weighted by Gasteiger charge is -2.18. The van der Waals surface area contributed by atoms with Crippen molar-refractivity contribution in [3.8, 4) is 10.6 Å². The zero-order chi connectivity index (χ0) is 19.3. The van der Waals surface area contributed by atoms with Gasteiger partial charge in [0.1, 0.15) is 10.0 Å². The summed E-state index contributed by atoms with van der Waals surface area (Å²) in [7, 11) is 0. The van der Waals surface area contributed by atoms with Crippen LogP contribution in [0.2, 0.25) is 0 Å². The molecule has 3 heterocycles. The van der Waals surface area contributed by atoms with Gasteiger partial charge >= 0.3 is 0 Å². The topological polar surface area (TPSA) is 68.0 Å². The van der Waals surface area contributed by atoms with Gasteiger partial charge in [-0.15, -0.1) is 22.7 Å². The van der Waals surface area contributed by atoms with Crippen LogP contribution in [0.1, 0.15) is 40.0 Å². The molecule has 5 nitrogen and oxygen atoms in total. The molecule has 1 amide bonds. The first-order valence-electron chi connectivity index (χ1n) is 9.33. The van der Waals surface area contributed by atoms with Crippen LogP contribution in [0, 0.1) is 12.8 Å². The third-order valence-corrected chi connectivity index (χ3v) is 7.32. The summed E-state index contributed by atoms with van der Waals surface area (Å²) in [6, 6.07) is 9.82. The molecule has 0 aliphatic heterocycles. The van der Waals surface area contributed by atoms with Crippen LogP contribution in [0.4, 0.5) is 5.00 Å². The maximum atomic E-state index is 12.7. The zero-order valence-electron chi connectivity index (χ0n) is 15.6. The fraction of sp³-hybridized carbons (Fsp3) is 0.286. The van der Waals surface area contributed by atoms with E-state index in [1.807, 2.05) is 18.2 Å². The van der Waals surface area contributed by atoms with E-state index >= 15 is 0 Å². The summed E-state index contributed by atoms with van der Waals surface area (Å²) in [5.41, 5.74) is 4.11. The number of thiophene rings is 1. The average molecular weight is 410 g/mol. The van der Waals surface area contributed by atoms with Crippen molar-refractivity contribution in [1.29, 1.82) is 0 Å². The van der Waals surface area contributed by atoms with E-state index in [0.717, 1.165) is 45.1 Å². The predicted molar refractivity (Wildman–Crippen MR) is 113 cm³/mol. The lowest BCUT2D eigenvalue weighted by atomic mass is 9.88. The van der Waals surface area contributed by atoms with Crippen LogP contribution in [0.25, 0.3) is 20.8 Å². The highest BCUT2D eigenvalue weighted by molar-refractivity contribution is 7.23. The number of nitrogens with one attached hydrogen (secondary N) is 1. The number of rotatable bonds is 3. The molecule has 142 valence electrons. The second-order valence-electron chi connectivity index (χ2n) is 7.33. The average Bonchev–Trinajstić information content (AvgIpc) is 3.36. The number of aromatic nitrogens is 2. The normalized spacial score (nSPS) is 16.3. The minimum atomic E-state index is -0.269. The smallest absolute Gasteiger partial charge is 0.294 e. The van der Waals surface area contributed by atoms with Gasteiger partial charge in [0.05, 0.1) is 15.9 Å². The molecular formula is C21H19N3O2S2. The molecule has 0 fully saturated rings.